The van der Waals surface area contributed by atoms with E-state index >= 15 is 0 Å². The van der Waals surface area contributed by atoms with Crippen LogP contribution in [0.15, 0.2) is 9.59 Å². The number of anilines is 1. The van der Waals surface area contributed by atoms with E-state index in [1.54, 1.807) is 23.4 Å². The summed E-state index contributed by atoms with van der Waals surface area (Å²) in [6.45, 7) is 2.82. The first kappa shape index (κ1) is 12.0. The van der Waals surface area contributed by atoms with E-state index in [0.717, 1.165) is 4.57 Å². The summed E-state index contributed by atoms with van der Waals surface area (Å²) in [4.78, 5) is 30.1. The second-order valence-electron chi connectivity index (χ2n) is 4.77. The van der Waals surface area contributed by atoms with Gasteiger partial charge in [-0.15, -0.1) is 0 Å². The van der Waals surface area contributed by atoms with Crippen LogP contribution in [0.4, 0.5) is 5.95 Å². The number of nitrogens with zero attached hydrogens (tertiary/aromatic N) is 5. The molecule has 1 aliphatic heterocycles. The van der Waals surface area contributed by atoms with Crippen LogP contribution in [-0.2, 0) is 20.6 Å². The molecule has 1 N–H and O–H groups in total. The van der Waals surface area contributed by atoms with Crippen LogP contribution in [0, 0.1) is 0 Å². The highest BCUT2D eigenvalue weighted by molar-refractivity contribution is 5.75. The van der Waals surface area contributed by atoms with Crippen molar-refractivity contribution < 1.29 is 5.11 Å². The van der Waals surface area contributed by atoms with Crippen molar-refractivity contribution in [3.8, 4) is 0 Å². The lowest BCUT2D eigenvalue weighted by Gasteiger charge is -2.18. The van der Waals surface area contributed by atoms with Crippen LogP contribution in [0.5, 0.6) is 0 Å². The van der Waals surface area contributed by atoms with Crippen molar-refractivity contribution in [3.05, 3.63) is 20.8 Å². The second kappa shape index (κ2) is 3.70. The van der Waals surface area contributed by atoms with Gasteiger partial charge >= 0.3 is 5.69 Å². The molecule has 2 aromatic heterocycles. The van der Waals surface area contributed by atoms with Gasteiger partial charge in [0.25, 0.3) is 5.56 Å². The molecule has 0 saturated heterocycles. The molecule has 3 rings (SSSR count). The number of fused-ring (bicyclic) bond motifs is 3. The van der Waals surface area contributed by atoms with Crippen molar-refractivity contribution in [2.24, 2.45) is 14.1 Å². The van der Waals surface area contributed by atoms with Crippen molar-refractivity contribution in [1.82, 2.24) is 18.7 Å². The molecule has 0 radical (unpaired) electrons. The van der Waals surface area contributed by atoms with Gasteiger partial charge in [-0.3, -0.25) is 13.9 Å². The van der Waals surface area contributed by atoms with Crippen LogP contribution >= 0.6 is 0 Å². The molecule has 19 heavy (non-hydrogen) atoms. The molecule has 0 amide bonds. The summed E-state index contributed by atoms with van der Waals surface area (Å²) in [5, 5.41) is 9.69. The Morgan fingerprint density at radius 2 is 1.89 bits per heavy atom. The van der Waals surface area contributed by atoms with E-state index in [2.05, 4.69) is 4.98 Å². The lowest BCUT2D eigenvalue weighted by atomic mass is 10.5. The van der Waals surface area contributed by atoms with E-state index in [1.807, 2.05) is 0 Å². The van der Waals surface area contributed by atoms with Crippen LogP contribution in [0.2, 0.25) is 0 Å². The molecule has 0 aliphatic carbocycles. The van der Waals surface area contributed by atoms with Crippen LogP contribution < -0.4 is 16.1 Å². The third-order valence-corrected chi connectivity index (χ3v) is 3.60. The maximum atomic E-state index is 12.2. The number of aromatic nitrogens is 4. The molecule has 1 aliphatic rings. The van der Waals surface area contributed by atoms with Gasteiger partial charge in [0.15, 0.2) is 11.2 Å². The number of rotatable bonds is 1. The van der Waals surface area contributed by atoms with E-state index in [-0.39, 0.29) is 5.56 Å². The summed E-state index contributed by atoms with van der Waals surface area (Å²) in [5.74, 6) is 0.531. The Bertz CT molecular complexity index is 782. The molecular weight excluding hydrogens is 250 g/mol. The van der Waals surface area contributed by atoms with E-state index in [1.165, 1.54) is 11.6 Å². The Balaban J connectivity index is 2.43. The number of imidazole rings is 1. The lowest BCUT2D eigenvalue weighted by molar-refractivity contribution is 0.190. The van der Waals surface area contributed by atoms with Crippen molar-refractivity contribution in [2.75, 3.05) is 11.4 Å². The molecule has 8 nitrogen and oxygen atoms in total. The zero-order valence-electron chi connectivity index (χ0n) is 11.0. The normalized spacial score (nSPS) is 16.1. The molecule has 0 fully saturated rings. The van der Waals surface area contributed by atoms with Gasteiger partial charge in [0.2, 0.25) is 5.95 Å². The topological polar surface area (TPSA) is 85.3 Å². The largest absolute Gasteiger partial charge is 0.374 e. The fraction of sp³-hybridized carbons (Fsp3) is 0.545. The Hall–Kier alpha value is -2.09. The van der Waals surface area contributed by atoms with Gasteiger partial charge in [0.05, 0.1) is 0 Å². The zero-order chi connectivity index (χ0) is 13.9. The van der Waals surface area contributed by atoms with Crippen LogP contribution in [0.3, 0.4) is 0 Å². The third kappa shape index (κ3) is 1.40. The van der Waals surface area contributed by atoms with Crippen molar-refractivity contribution in [1.29, 1.82) is 0 Å². The standard InChI is InChI=1S/C11H15N5O3/c1-6(17)15-4-5-16-7-8(12-10(15)16)13(2)11(19)14(3)9(7)18/h6,17H,4-5H2,1-3H3. The maximum Gasteiger partial charge on any atom is 0.332 e. The summed E-state index contributed by atoms with van der Waals surface area (Å²) in [6, 6.07) is 0. The van der Waals surface area contributed by atoms with E-state index in [4.69, 9.17) is 0 Å². The van der Waals surface area contributed by atoms with Crippen molar-refractivity contribution >= 4 is 17.1 Å². The second-order valence-corrected chi connectivity index (χ2v) is 4.77. The number of aliphatic hydroxyl groups is 1. The first-order valence-corrected chi connectivity index (χ1v) is 6.04. The van der Waals surface area contributed by atoms with E-state index in [9.17, 15) is 14.7 Å². The van der Waals surface area contributed by atoms with Crippen molar-refractivity contribution in [3.63, 3.8) is 0 Å². The van der Waals surface area contributed by atoms with Crippen LogP contribution in [0.1, 0.15) is 6.92 Å². The minimum atomic E-state index is -0.682. The highest BCUT2D eigenvalue weighted by Gasteiger charge is 2.29. The van der Waals surface area contributed by atoms with Crippen LogP contribution in [-0.4, -0.2) is 36.6 Å². The maximum absolute atomic E-state index is 12.2. The Morgan fingerprint density at radius 3 is 2.53 bits per heavy atom. The molecule has 8 heteroatoms. The Labute approximate surface area is 108 Å². The highest BCUT2D eigenvalue weighted by atomic mass is 16.3. The first-order valence-electron chi connectivity index (χ1n) is 6.04. The average molecular weight is 265 g/mol. The van der Waals surface area contributed by atoms with Gasteiger partial charge in [-0.25, -0.2) is 4.79 Å². The molecule has 3 heterocycles. The molecule has 0 saturated carbocycles. The van der Waals surface area contributed by atoms with E-state index < -0.39 is 11.9 Å². The van der Waals surface area contributed by atoms with Gasteiger partial charge in [0, 0.05) is 27.2 Å². The lowest BCUT2D eigenvalue weighted by Crippen LogP contribution is -2.37. The molecule has 0 bridgehead atoms. The zero-order valence-corrected chi connectivity index (χ0v) is 11.0. The number of aliphatic hydroxyl groups excluding tert-OH is 1. The van der Waals surface area contributed by atoms with Gasteiger partial charge in [0.1, 0.15) is 6.23 Å². The molecule has 0 spiro atoms. The molecular formula is C11H15N5O3. The molecule has 102 valence electrons. The smallest absolute Gasteiger partial charge is 0.332 e. The van der Waals surface area contributed by atoms with Crippen LogP contribution in [0.25, 0.3) is 11.2 Å². The van der Waals surface area contributed by atoms with Gasteiger partial charge in [-0.1, -0.05) is 0 Å². The fourth-order valence-corrected chi connectivity index (χ4v) is 2.53. The van der Waals surface area contributed by atoms with Gasteiger partial charge in [-0.2, -0.15) is 4.98 Å². The number of hydrogen-bond donors (Lipinski definition) is 1. The predicted octanol–water partition coefficient (Wildman–Crippen LogP) is -1.41. The summed E-state index contributed by atoms with van der Waals surface area (Å²) in [7, 11) is 3.03. The average Bonchev–Trinajstić information content (AvgIpc) is 2.91. The van der Waals surface area contributed by atoms with Gasteiger partial charge < -0.3 is 14.6 Å². The number of aryl methyl sites for hydroxylation is 1. The summed E-state index contributed by atoms with van der Waals surface area (Å²) < 4.78 is 4.18. The molecule has 2 aromatic rings. The van der Waals surface area contributed by atoms with Crippen molar-refractivity contribution in [2.45, 2.75) is 19.7 Å². The summed E-state index contributed by atoms with van der Waals surface area (Å²) in [5.41, 5.74) is -0.00152. The predicted molar refractivity (Wildman–Crippen MR) is 69.2 cm³/mol. The minimum absolute atomic E-state index is 0.355. The molecule has 1 atom stereocenters. The summed E-state index contributed by atoms with van der Waals surface area (Å²) >= 11 is 0. The quantitative estimate of drug-likeness (QED) is 0.685. The molecule has 0 aromatic carbocycles. The Morgan fingerprint density at radius 1 is 1.21 bits per heavy atom. The molecule has 1 unspecified atom stereocenters. The highest BCUT2D eigenvalue weighted by Crippen LogP contribution is 2.25. The summed E-state index contributed by atoms with van der Waals surface area (Å²) in [6.07, 6.45) is -0.682. The SMILES string of the molecule is CC(O)N1CCn2c1nc1c2c(=O)n(C)c(=O)n1C. The monoisotopic (exact) mass is 265 g/mol. The van der Waals surface area contributed by atoms with E-state index in [0.29, 0.717) is 30.2 Å². The third-order valence-electron chi connectivity index (χ3n) is 3.60. The fourth-order valence-electron chi connectivity index (χ4n) is 2.53. The number of hydrogen-bond acceptors (Lipinski definition) is 5. The Kier molecular flexibility index (Phi) is 2.33. The minimum Gasteiger partial charge on any atom is -0.374 e. The first-order chi connectivity index (χ1) is 8.93. The van der Waals surface area contributed by atoms with Gasteiger partial charge in [-0.05, 0) is 6.92 Å².